The second kappa shape index (κ2) is 69.9. The van der Waals surface area contributed by atoms with Crippen molar-refractivity contribution in [2.75, 3.05) is 13.2 Å². The quantitative estimate of drug-likeness (QED) is 0.0261. The number of rotatable bonds is 67. The SMILES string of the molecule is CCCCC/C=C\C/C=C\CCCCCCCCCC(=O)OCC(COC(=O)CCCCCCCCCCCCCCC/C=C\CCCCCCCCCC)OC(=O)CCCCCCCCCCC/C=C\CCCCCCCCCC. The van der Waals surface area contributed by atoms with Gasteiger partial charge in [0.05, 0.1) is 0 Å². The molecule has 0 rings (SSSR count). The summed E-state index contributed by atoms with van der Waals surface area (Å²) in [5.41, 5.74) is 0. The van der Waals surface area contributed by atoms with E-state index in [0.717, 1.165) is 70.6 Å². The van der Waals surface area contributed by atoms with Crippen molar-refractivity contribution >= 4 is 17.9 Å². The normalized spacial score (nSPS) is 12.3. The van der Waals surface area contributed by atoms with E-state index < -0.39 is 6.10 Å². The van der Waals surface area contributed by atoms with Crippen molar-refractivity contribution in [2.24, 2.45) is 0 Å². The zero-order chi connectivity index (χ0) is 58.5. The van der Waals surface area contributed by atoms with E-state index in [-0.39, 0.29) is 31.1 Å². The lowest BCUT2D eigenvalue weighted by Crippen LogP contribution is -2.30. The molecule has 0 aromatic carbocycles. The molecule has 0 saturated heterocycles. The molecule has 474 valence electrons. The molecule has 0 amide bonds. The van der Waals surface area contributed by atoms with Gasteiger partial charge in [0, 0.05) is 19.3 Å². The number of allylic oxidation sites excluding steroid dienone is 8. The van der Waals surface area contributed by atoms with Gasteiger partial charge in [0.2, 0.25) is 0 Å². The highest BCUT2D eigenvalue weighted by Gasteiger charge is 2.19. The summed E-state index contributed by atoms with van der Waals surface area (Å²) in [4.78, 5) is 38.5. The lowest BCUT2D eigenvalue weighted by Gasteiger charge is -2.18. The average Bonchev–Trinajstić information content (AvgIpc) is 3.47. The molecule has 6 nitrogen and oxygen atoms in total. The van der Waals surface area contributed by atoms with Crippen LogP contribution in [-0.4, -0.2) is 37.2 Å². The van der Waals surface area contributed by atoms with Crippen molar-refractivity contribution in [1.82, 2.24) is 0 Å². The topological polar surface area (TPSA) is 78.9 Å². The van der Waals surface area contributed by atoms with Gasteiger partial charge >= 0.3 is 17.9 Å². The molecule has 0 bridgehead atoms. The number of carbonyl (C=O) groups is 3. The third-order valence-electron chi connectivity index (χ3n) is 16.3. The maximum atomic E-state index is 13.0. The Bertz CT molecular complexity index is 1400. The molecule has 0 aliphatic rings. The van der Waals surface area contributed by atoms with E-state index in [0.29, 0.717) is 19.3 Å². The van der Waals surface area contributed by atoms with Crippen LogP contribution in [0.1, 0.15) is 393 Å². The molecule has 0 heterocycles. The molecule has 81 heavy (non-hydrogen) atoms. The van der Waals surface area contributed by atoms with Crippen LogP contribution in [0, 0.1) is 0 Å². The predicted octanol–water partition coefficient (Wildman–Crippen LogP) is 24.9. The monoisotopic (exact) mass is 1140 g/mol. The first kappa shape index (κ1) is 78.4. The number of ether oxygens (including phenoxy) is 3. The fraction of sp³-hybridized carbons (Fsp3) is 0.853. The minimum Gasteiger partial charge on any atom is -0.462 e. The molecule has 6 heteroatoms. The van der Waals surface area contributed by atoms with E-state index in [4.69, 9.17) is 14.2 Å². The van der Waals surface area contributed by atoms with Gasteiger partial charge in [-0.1, -0.05) is 320 Å². The van der Waals surface area contributed by atoms with Gasteiger partial charge in [-0.2, -0.15) is 0 Å². The number of unbranched alkanes of at least 4 members (excludes halogenated alkanes) is 48. The highest BCUT2D eigenvalue weighted by atomic mass is 16.6. The van der Waals surface area contributed by atoms with Crippen molar-refractivity contribution in [1.29, 1.82) is 0 Å². The molecule has 0 aliphatic heterocycles. The number of hydrogen-bond acceptors (Lipinski definition) is 6. The Labute approximate surface area is 505 Å². The summed E-state index contributed by atoms with van der Waals surface area (Å²) >= 11 is 0. The van der Waals surface area contributed by atoms with E-state index >= 15 is 0 Å². The van der Waals surface area contributed by atoms with Crippen molar-refractivity contribution in [2.45, 2.75) is 399 Å². The fourth-order valence-corrected chi connectivity index (χ4v) is 10.8. The largest absolute Gasteiger partial charge is 0.462 e. The lowest BCUT2D eigenvalue weighted by molar-refractivity contribution is -0.167. The summed E-state index contributed by atoms with van der Waals surface area (Å²) in [6.07, 6.45) is 88.5. The summed E-state index contributed by atoms with van der Waals surface area (Å²) in [6.45, 7) is 6.68. The second-order valence-electron chi connectivity index (χ2n) is 24.5. The summed E-state index contributed by atoms with van der Waals surface area (Å²) in [7, 11) is 0. The van der Waals surface area contributed by atoms with E-state index in [1.165, 1.54) is 283 Å². The number of carbonyl (C=O) groups excluding carboxylic acids is 3. The Morgan fingerprint density at radius 2 is 0.444 bits per heavy atom. The van der Waals surface area contributed by atoms with E-state index in [1.54, 1.807) is 0 Å². The zero-order valence-corrected chi connectivity index (χ0v) is 54.6. The molecular weight excluding hydrogens is 997 g/mol. The molecule has 0 fully saturated rings. The minimum atomic E-state index is -0.779. The zero-order valence-electron chi connectivity index (χ0n) is 54.6. The third kappa shape index (κ3) is 68.0. The maximum absolute atomic E-state index is 13.0. The van der Waals surface area contributed by atoms with Crippen molar-refractivity contribution in [3.63, 3.8) is 0 Å². The first-order chi connectivity index (χ1) is 40.0. The van der Waals surface area contributed by atoms with Crippen LogP contribution in [0.2, 0.25) is 0 Å². The summed E-state index contributed by atoms with van der Waals surface area (Å²) in [5, 5.41) is 0. The molecule has 1 unspecified atom stereocenters. The van der Waals surface area contributed by atoms with E-state index in [1.807, 2.05) is 0 Å². The molecule has 0 aliphatic carbocycles. The van der Waals surface area contributed by atoms with Crippen LogP contribution < -0.4 is 0 Å². The molecule has 0 aromatic rings. The van der Waals surface area contributed by atoms with Crippen LogP contribution in [0.5, 0.6) is 0 Å². The average molecular weight is 1140 g/mol. The number of hydrogen-bond donors (Lipinski definition) is 0. The van der Waals surface area contributed by atoms with Crippen molar-refractivity contribution in [3.8, 4) is 0 Å². The summed E-state index contributed by atoms with van der Waals surface area (Å²) < 4.78 is 17.0. The van der Waals surface area contributed by atoms with Gasteiger partial charge in [0.25, 0.3) is 0 Å². The van der Waals surface area contributed by atoms with Gasteiger partial charge in [-0.15, -0.1) is 0 Å². The van der Waals surface area contributed by atoms with Crippen LogP contribution in [0.4, 0.5) is 0 Å². The van der Waals surface area contributed by atoms with Gasteiger partial charge in [0.1, 0.15) is 13.2 Å². The van der Waals surface area contributed by atoms with Crippen molar-refractivity contribution in [3.05, 3.63) is 48.6 Å². The Morgan fingerprint density at radius 1 is 0.247 bits per heavy atom. The first-order valence-electron chi connectivity index (χ1n) is 36.1. The Morgan fingerprint density at radius 3 is 0.716 bits per heavy atom. The van der Waals surface area contributed by atoms with E-state index in [2.05, 4.69) is 69.4 Å². The van der Waals surface area contributed by atoms with Crippen LogP contribution in [-0.2, 0) is 28.6 Å². The first-order valence-corrected chi connectivity index (χ1v) is 36.1. The predicted molar refractivity (Wildman–Crippen MR) is 353 cm³/mol. The Balaban J connectivity index is 4.31. The van der Waals surface area contributed by atoms with Gasteiger partial charge in [-0.3, -0.25) is 14.4 Å². The second-order valence-corrected chi connectivity index (χ2v) is 24.5. The molecule has 0 saturated carbocycles. The van der Waals surface area contributed by atoms with Gasteiger partial charge in [-0.25, -0.2) is 0 Å². The van der Waals surface area contributed by atoms with Crippen molar-refractivity contribution < 1.29 is 28.6 Å². The molecule has 0 radical (unpaired) electrons. The van der Waals surface area contributed by atoms with Gasteiger partial charge < -0.3 is 14.2 Å². The standard InChI is InChI=1S/C75H138O6/c1-4-7-10-13-16-19-22-25-28-31-33-35-36-37-38-40-41-44-47-50-53-56-59-62-65-68-74(77)80-71-72(70-79-73(76)67-64-61-58-55-52-49-46-43-30-27-24-21-18-15-12-9-6-3)81-75(78)69-66-63-60-57-54-51-48-45-42-39-34-32-29-26-23-20-17-14-11-8-5-2/h18,21,27,30-34,72H,4-17,19-20,22-26,28-29,35-71H2,1-3H3/b21-18-,30-27-,33-31-,34-32-. The maximum Gasteiger partial charge on any atom is 0.306 e. The molecule has 0 aromatic heterocycles. The number of esters is 3. The highest BCUT2D eigenvalue weighted by molar-refractivity contribution is 5.71. The molecule has 0 spiro atoms. The molecule has 0 N–H and O–H groups in total. The minimum absolute atomic E-state index is 0.0732. The Hall–Kier alpha value is -2.63. The van der Waals surface area contributed by atoms with Crippen LogP contribution >= 0.6 is 0 Å². The van der Waals surface area contributed by atoms with Gasteiger partial charge in [0.15, 0.2) is 6.10 Å². The summed E-state index contributed by atoms with van der Waals surface area (Å²) in [5.74, 6) is -0.857. The lowest BCUT2D eigenvalue weighted by atomic mass is 10.0. The molecule has 1 atom stereocenters. The van der Waals surface area contributed by atoms with Gasteiger partial charge in [-0.05, 0) is 103 Å². The smallest absolute Gasteiger partial charge is 0.306 e. The van der Waals surface area contributed by atoms with Crippen LogP contribution in [0.25, 0.3) is 0 Å². The third-order valence-corrected chi connectivity index (χ3v) is 16.3. The highest BCUT2D eigenvalue weighted by Crippen LogP contribution is 2.18. The van der Waals surface area contributed by atoms with E-state index in [9.17, 15) is 14.4 Å². The Kier molecular flexibility index (Phi) is 67.6. The van der Waals surface area contributed by atoms with Crippen LogP contribution in [0.15, 0.2) is 48.6 Å². The molecular formula is C75H138O6. The van der Waals surface area contributed by atoms with Crippen LogP contribution in [0.3, 0.4) is 0 Å². The fourth-order valence-electron chi connectivity index (χ4n) is 10.8. The summed E-state index contributed by atoms with van der Waals surface area (Å²) in [6, 6.07) is 0.